The molecule has 2 atom stereocenters. The summed E-state index contributed by atoms with van der Waals surface area (Å²) in [5, 5.41) is 5.07. The number of aryl methyl sites for hydroxylation is 1. The number of carbonyl (C=O) groups is 2. The third-order valence-corrected chi connectivity index (χ3v) is 7.07. The van der Waals surface area contributed by atoms with Crippen LogP contribution in [0.15, 0.2) is 78.8 Å². The number of benzene rings is 1. The van der Waals surface area contributed by atoms with Crippen molar-refractivity contribution in [3.05, 3.63) is 94.8 Å². The molecule has 1 aromatic carbocycles. The topological polar surface area (TPSA) is 80.1 Å². The van der Waals surface area contributed by atoms with Gasteiger partial charge in [0.05, 0.1) is 12.0 Å². The Labute approximate surface area is 202 Å². The molecule has 2 unspecified atom stereocenters. The predicted molar refractivity (Wildman–Crippen MR) is 132 cm³/mol. The molecule has 1 aliphatic rings. The van der Waals surface area contributed by atoms with Gasteiger partial charge < -0.3 is 10.2 Å². The summed E-state index contributed by atoms with van der Waals surface area (Å²) < 4.78 is 1.83. The monoisotopic (exact) mass is 471 g/mol. The van der Waals surface area contributed by atoms with Crippen molar-refractivity contribution < 1.29 is 9.59 Å². The van der Waals surface area contributed by atoms with Crippen LogP contribution >= 0.6 is 11.3 Å². The maximum Gasteiger partial charge on any atom is 0.227 e. The normalized spacial score (nSPS) is 18.1. The molecule has 1 fully saturated rings. The van der Waals surface area contributed by atoms with Crippen molar-refractivity contribution in [3.63, 3.8) is 0 Å². The molecule has 8 heteroatoms. The summed E-state index contributed by atoms with van der Waals surface area (Å²) in [6.07, 6.45) is 7.85. The number of carbonyl (C=O) groups excluding carboxylic acids is 2. The number of anilines is 1. The van der Waals surface area contributed by atoms with Crippen molar-refractivity contribution in [2.45, 2.75) is 32.4 Å². The second kappa shape index (κ2) is 9.61. The van der Waals surface area contributed by atoms with Crippen LogP contribution in [-0.4, -0.2) is 26.3 Å². The smallest absolute Gasteiger partial charge is 0.227 e. The molecule has 5 rings (SSSR count). The Balaban J connectivity index is 1.35. The zero-order chi connectivity index (χ0) is 23.5. The number of rotatable bonds is 6. The van der Waals surface area contributed by atoms with E-state index in [2.05, 4.69) is 15.3 Å². The second-order valence-corrected chi connectivity index (χ2v) is 9.40. The molecule has 1 aliphatic heterocycles. The number of amides is 2. The molecule has 0 bridgehead atoms. The molecule has 172 valence electrons. The molecule has 4 aromatic rings. The highest BCUT2D eigenvalue weighted by atomic mass is 32.1. The van der Waals surface area contributed by atoms with E-state index in [0.717, 1.165) is 27.5 Å². The molecule has 3 aromatic heterocycles. The van der Waals surface area contributed by atoms with Gasteiger partial charge in [-0.1, -0.05) is 29.8 Å². The van der Waals surface area contributed by atoms with Crippen molar-refractivity contribution in [1.82, 2.24) is 19.9 Å². The van der Waals surface area contributed by atoms with Crippen LogP contribution in [0.3, 0.4) is 0 Å². The highest BCUT2D eigenvalue weighted by Gasteiger charge is 2.41. The SMILES string of the molecule is Cc1ccc(N2C(=O)CCC(C(=O)NCc3ccc(-n4ccnc4)nc3)C2c2cccs2)cc1. The number of nitrogens with one attached hydrogen (secondary N) is 1. The first-order chi connectivity index (χ1) is 16.6. The Morgan fingerprint density at radius 2 is 2.03 bits per heavy atom. The van der Waals surface area contributed by atoms with Crippen molar-refractivity contribution in [1.29, 1.82) is 0 Å². The van der Waals surface area contributed by atoms with E-state index >= 15 is 0 Å². The Kier molecular flexibility index (Phi) is 6.22. The molecule has 1 N–H and O–H groups in total. The fourth-order valence-electron chi connectivity index (χ4n) is 4.35. The number of hydrogen-bond donors (Lipinski definition) is 1. The van der Waals surface area contributed by atoms with E-state index in [4.69, 9.17) is 0 Å². The van der Waals surface area contributed by atoms with Gasteiger partial charge in [0.25, 0.3) is 0 Å². The van der Waals surface area contributed by atoms with Crippen LogP contribution in [0, 0.1) is 12.8 Å². The Morgan fingerprint density at radius 3 is 2.71 bits per heavy atom. The van der Waals surface area contributed by atoms with Gasteiger partial charge in [0.2, 0.25) is 11.8 Å². The van der Waals surface area contributed by atoms with Crippen LogP contribution in [0.25, 0.3) is 5.82 Å². The fraction of sp³-hybridized carbons (Fsp3) is 0.231. The van der Waals surface area contributed by atoms with E-state index < -0.39 is 0 Å². The predicted octanol–water partition coefficient (Wildman–Crippen LogP) is 4.44. The minimum absolute atomic E-state index is 0.0468. The van der Waals surface area contributed by atoms with Gasteiger partial charge in [-0.2, -0.15) is 0 Å². The van der Waals surface area contributed by atoms with Crippen LogP contribution in [0.1, 0.15) is 34.9 Å². The lowest BCUT2D eigenvalue weighted by molar-refractivity contribution is -0.129. The van der Waals surface area contributed by atoms with E-state index in [1.54, 1.807) is 35.0 Å². The van der Waals surface area contributed by atoms with E-state index in [1.165, 1.54) is 0 Å². The number of thiophene rings is 1. The minimum atomic E-state index is -0.337. The highest BCUT2D eigenvalue weighted by Crippen LogP contribution is 2.41. The summed E-state index contributed by atoms with van der Waals surface area (Å²) in [6, 6.07) is 15.4. The van der Waals surface area contributed by atoms with Gasteiger partial charge in [-0.05, 0) is 48.6 Å². The molecule has 4 heterocycles. The number of aromatic nitrogens is 3. The molecule has 34 heavy (non-hydrogen) atoms. The van der Waals surface area contributed by atoms with Crippen LogP contribution in [0.2, 0.25) is 0 Å². The third kappa shape index (κ3) is 4.49. The van der Waals surface area contributed by atoms with Crippen molar-refractivity contribution in [2.75, 3.05) is 4.90 Å². The van der Waals surface area contributed by atoms with E-state index in [0.29, 0.717) is 19.4 Å². The number of piperidine rings is 1. The van der Waals surface area contributed by atoms with Crippen molar-refractivity contribution in [2.24, 2.45) is 5.92 Å². The zero-order valence-corrected chi connectivity index (χ0v) is 19.6. The van der Waals surface area contributed by atoms with Crippen LogP contribution in [0.5, 0.6) is 0 Å². The summed E-state index contributed by atoms with van der Waals surface area (Å²) in [4.78, 5) is 37.8. The molecule has 0 radical (unpaired) electrons. The lowest BCUT2D eigenvalue weighted by Gasteiger charge is -2.40. The minimum Gasteiger partial charge on any atom is -0.352 e. The van der Waals surface area contributed by atoms with Gasteiger partial charge >= 0.3 is 0 Å². The fourth-order valence-corrected chi connectivity index (χ4v) is 5.23. The maximum atomic E-state index is 13.4. The van der Waals surface area contributed by atoms with E-state index in [1.807, 2.05) is 71.6 Å². The Hall–Kier alpha value is -3.78. The van der Waals surface area contributed by atoms with Crippen molar-refractivity contribution in [3.8, 4) is 5.82 Å². The van der Waals surface area contributed by atoms with Crippen molar-refractivity contribution >= 4 is 28.8 Å². The molecule has 2 amide bonds. The van der Waals surface area contributed by atoms with Gasteiger partial charge in [0.1, 0.15) is 12.1 Å². The Morgan fingerprint density at radius 1 is 1.18 bits per heavy atom. The molecule has 7 nitrogen and oxygen atoms in total. The first-order valence-electron chi connectivity index (χ1n) is 11.2. The standard InChI is InChI=1S/C26H25N5O2S/c1-18-4-7-20(8-5-18)31-24(32)11-9-21(25(31)22-3-2-14-34-22)26(33)29-16-19-6-10-23(28-15-19)30-13-12-27-17-30/h2-8,10,12-15,17,21,25H,9,11,16H2,1H3,(H,29,33). The number of imidazole rings is 1. The summed E-state index contributed by atoms with van der Waals surface area (Å²) in [5.74, 6) is 0.424. The van der Waals surface area contributed by atoms with Crippen LogP contribution in [-0.2, 0) is 16.1 Å². The summed E-state index contributed by atoms with van der Waals surface area (Å²) in [5.41, 5.74) is 2.86. The lowest BCUT2D eigenvalue weighted by Crippen LogP contribution is -2.48. The number of nitrogens with zero attached hydrogens (tertiary/aromatic N) is 4. The summed E-state index contributed by atoms with van der Waals surface area (Å²) in [6.45, 7) is 2.40. The number of hydrogen-bond acceptors (Lipinski definition) is 5. The van der Waals surface area contributed by atoms with Gasteiger partial charge in [-0.25, -0.2) is 9.97 Å². The molecule has 0 saturated carbocycles. The average molecular weight is 472 g/mol. The van der Waals surface area contributed by atoms with Gasteiger partial charge in [-0.3, -0.25) is 14.2 Å². The highest BCUT2D eigenvalue weighted by molar-refractivity contribution is 7.10. The van der Waals surface area contributed by atoms with Gasteiger partial charge in [0.15, 0.2) is 0 Å². The summed E-state index contributed by atoms with van der Waals surface area (Å²) in [7, 11) is 0. The van der Waals surface area contributed by atoms with Crippen LogP contribution in [0.4, 0.5) is 5.69 Å². The molecule has 0 spiro atoms. The zero-order valence-electron chi connectivity index (χ0n) is 18.8. The summed E-state index contributed by atoms with van der Waals surface area (Å²) >= 11 is 1.58. The first-order valence-corrected chi connectivity index (χ1v) is 12.1. The molecular formula is C26H25N5O2S. The quantitative estimate of drug-likeness (QED) is 0.451. The maximum absolute atomic E-state index is 13.4. The van der Waals surface area contributed by atoms with Gasteiger partial charge in [-0.15, -0.1) is 11.3 Å². The second-order valence-electron chi connectivity index (χ2n) is 8.42. The largest absolute Gasteiger partial charge is 0.352 e. The first kappa shape index (κ1) is 22.0. The van der Waals surface area contributed by atoms with E-state index in [9.17, 15) is 9.59 Å². The molecular weight excluding hydrogens is 446 g/mol. The van der Waals surface area contributed by atoms with Gasteiger partial charge in [0, 0.05) is 42.1 Å². The molecule has 1 saturated heterocycles. The van der Waals surface area contributed by atoms with Crippen LogP contribution < -0.4 is 10.2 Å². The number of pyridine rings is 1. The van der Waals surface area contributed by atoms with E-state index in [-0.39, 0.29) is 23.8 Å². The lowest BCUT2D eigenvalue weighted by atomic mass is 9.86. The average Bonchev–Trinajstić information content (AvgIpc) is 3.58. The Bertz CT molecular complexity index is 1250. The molecule has 0 aliphatic carbocycles. The third-order valence-electron chi connectivity index (χ3n) is 6.13.